The molecular formula is C15H40N2O2. The molecule has 0 spiro atoms. The van der Waals surface area contributed by atoms with Crippen LogP contribution in [0.5, 0.6) is 0 Å². The van der Waals surface area contributed by atoms with Crippen molar-refractivity contribution in [2.45, 2.75) is 81.7 Å². The zero-order valence-electron chi connectivity index (χ0n) is 15.3. The van der Waals surface area contributed by atoms with Crippen LogP contribution in [0, 0.1) is 0 Å². The largest absolute Gasteiger partial charge is 0.370 e. The average molecular weight is 280 g/mol. The molecule has 3 N–H and O–H groups in total. The Labute approximate surface area is 122 Å². The van der Waals surface area contributed by atoms with Gasteiger partial charge in [-0.15, -0.1) is 0 Å². The maximum atomic E-state index is 10.2. The molecule has 0 bridgehead atoms. The van der Waals surface area contributed by atoms with Gasteiger partial charge in [0.05, 0.1) is 6.04 Å². The number of nitrogens with one attached hydrogen (secondary N) is 1. The van der Waals surface area contributed by atoms with E-state index in [1.807, 2.05) is 69.2 Å². The van der Waals surface area contributed by atoms with Crippen molar-refractivity contribution in [2.24, 2.45) is 5.73 Å². The lowest BCUT2D eigenvalue weighted by atomic mass is 10.2. The molecule has 0 rings (SSSR count). The molecule has 0 saturated carbocycles. The molecule has 0 saturated heterocycles. The topological polar surface area (TPSA) is 72.2 Å². The molecule has 0 heterocycles. The fourth-order valence-electron chi connectivity index (χ4n) is 0.435. The highest BCUT2D eigenvalue weighted by Crippen LogP contribution is 1.82. The molecule has 1 amide bonds. The van der Waals surface area contributed by atoms with E-state index in [2.05, 4.69) is 5.32 Å². The Kier molecular flexibility index (Phi) is 129. The second-order valence-electron chi connectivity index (χ2n) is 1.70. The normalized spacial score (nSPS) is 7.53. The zero-order chi connectivity index (χ0) is 17.3. The van der Waals surface area contributed by atoms with Gasteiger partial charge >= 0.3 is 0 Å². The number of primary amides is 1. The van der Waals surface area contributed by atoms with Gasteiger partial charge < -0.3 is 15.8 Å². The Morgan fingerprint density at radius 3 is 1.26 bits per heavy atom. The van der Waals surface area contributed by atoms with Crippen LogP contribution < -0.4 is 11.1 Å². The number of carbonyl (C=O) groups excluding carboxylic acids is 2. The second-order valence-corrected chi connectivity index (χ2v) is 1.70. The zero-order valence-corrected chi connectivity index (χ0v) is 15.3. The van der Waals surface area contributed by atoms with Crippen molar-refractivity contribution in [1.82, 2.24) is 5.32 Å². The Hall–Kier alpha value is -0.900. The number of likely N-dealkylation sites (N-methyl/N-ethyl adjacent to an activating group) is 1. The first kappa shape index (κ1) is 36.1. The van der Waals surface area contributed by atoms with Crippen molar-refractivity contribution in [3.05, 3.63) is 0 Å². The van der Waals surface area contributed by atoms with Gasteiger partial charge in [-0.2, -0.15) is 0 Å². The third-order valence-corrected chi connectivity index (χ3v) is 0.956. The maximum absolute atomic E-state index is 10.2. The van der Waals surface area contributed by atoms with Gasteiger partial charge in [-0.3, -0.25) is 4.79 Å². The number of rotatable bonds is 4. The molecule has 122 valence electrons. The Morgan fingerprint density at radius 2 is 1.21 bits per heavy atom. The first-order valence-electron chi connectivity index (χ1n) is 7.61. The summed E-state index contributed by atoms with van der Waals surface area (Å²) in [5.41, 5.74) is 4.81. The molecule has 0 aromatic rings. The molecule has 19 heavy (non-hydrogen) atoms. The van der Waals surface area contributed by atoms with Crippen LogP contribution in [0.3, 0.4) is 0 Å². The summed E-state index contributed by atoms with van der Waals surface area (Å²) in [6.45, 7) is 20.0. The van der Waals surface area contributed by atoms with E-state index in [4.69, 9.17) is 5.73 Å². The van der Waals surface area contributed by atoms with E-state index in [0.29, 0.717) is 6.29 Å². The summed E-state index contributed by atoms with van der Waals surface area (Å²) in [5, 5.41) is 2.61. The molecule has 0 aromatic carbocycles. The lowest BCUT2D eigenvalue weighted by molar-refractivity contribution is -0.120. The summed E-state index contributed by atoms with van der Waals surface area (Å²) < 4.78 is 0. The molecule has 0 unspecified atom stereocenters. The van der Waals surface area contributed by atoms with E-state index in [1.54, 1.807) is 7.05 Å². The predicted octanol–water partition coefficient (Wildman–Crippen LogP) is 3.78. The van der Waals surface area contributed by atoms with Crippen LogP contribution in [0.4, 0.5) is 0 Å². The van der Waals surface area contributed by atoms with Crippen molar-refractivity contribution in [3.63, 3.8) is 0 Å². The summed E-state index contributed by atoms with van der Waals surface area (Å²) in [4.78, 5) is 20.2. The summed E-state index contributed by atoms with van der Waals surface area (Å²) in [7, 11) is 1.60. The SMILES string of the molecule is CC.CC.CC.CC.CC.CN[C@H](C=O)CC(N)=O. The van der Waals surface area contributed by atoms with Crippen LogP contribution in [0.15, 0.2) is 0 Å². The van der Waals surface area contributed by atoms with Crippen molar-refractivity contribution in [1.29, 1.82) is 0 Å². The third-order valence-electron chi connectivity index (χ3n) is 0.956. The highest BCUT2D eigenvalue weighted by Gasteiger charge is 2.05. The van der Waals surface area contributed by atoms with Gasteiger partial charge in [0.1, 0.15) is 6.29 Å². The molecule has 0 aromatic heterocycles. The Bertz CT molecular complexity index is 119. The van der Waals surface area contributed by atoms with Gasteiger partial charge in [0.2, 0.25) is 5.91 Å². The van der Waals surface area contributed by atoms with Crippen molar-refractivity contribution >= 4 is 12.2 Å². The second kappa shape index (κ2) is 67.6. The van der Waals surface area contributed by atoms with Crippen LogP contribution in [0.2, 0.25) is 0 Å². The predicted molar refractivity (Wildman–Crippen MR) is 89.5 cm³/mol. The number of carbonyl (C=O) groups is 2. The summed E-state index contributed by atoms with van der Waals surface area (Å²) >= 11 is 0. The first-order valence-corrected chi connectivity index (χ1v) is 7.61. The molecule has 4 heteroatoms. The van der Waals surface area contributed by atoms with Crippen LogP contribution in [-0.4, -0.2) is 25.3 Å². The number of hydrogen-bond acceptors (Lipinski definition) is 3. The molecule has 0 fully saturated rings. The number of aldehydes is 1. The van der Waals surface area contributed by atoms with Crippen LogP contribution in [0.1, 0.15) is 75.7 Å². The Morgan fingerprint density at radius 1 is 0.947 bits per heavy atom. The van der Waals surface area contributed by atoms with Gasteiger partial charge in [-0.25, -0.2) is 0 Å². The fraction of sp³-hybridized carbons (Fsp3) is 0.867. The minimum Gasteiger partial charge on any atom is -0.370 e. The lowest BCUT2D eigenvalue weighted by Crippen LogP contribution is -2.31. The summed E-state index contributed by atoms with van der Waals surface area (Å²) in [6, 6.07) is -0.428. The molecule has 1 atom stereocenters. The highest BCUT2D eigenvalue weighted by atomic mass is 16.1. The maximum Gasteiger partial charge on any atom is 0.219 e. The molecule has 0 radical (unpaired) electrons. The summed E-state index contributed by atoms with van der Waals surface area (Å²) in [6.07, 6.45) is 0.727. The van der Waals surface area contributed by atoms with Crippen LogP contribution in [0.25, 0.3) is 0 Å². The van der Waals surface area contributed by atoms with Gasteiger partial charge in [-0.1, -0.05) is 69.2 Å². The molecule has 4 nitrogen and oxygen atoms in total. The van der Waals surface area contributed by atoms with E-state index in [9.17, 15) is 9.59 Å². The van der Waals surface area contributed by atoms with Crippen LogP contribution >= 0.6 is 0 Å². The molecular weight excluding hydrogens is 240 g/mol. The summed E-state index contributed by atoms with van der Waals surface area (Å²) in [5.74, 6) is -0.471. The fourth-order valence-corrected chi connectivity index (χ4v) is 0.435. The quantitative estimate of drug-likeness (QED) is 0.770. The smallest absolute Gasteiger partial charge is 0.219 e. The highest BCUT2D eigenvalue weighted by molar-refractivity contribution is 5.78. The minimum atomic E-state index is -0.471. The number of nitrogens with two attached hydrogens (primary N) is 1. The molecule has 0 aliphatic carbocycles. The van der Waals surface area contributed by atoms with Gasteiger partial charge in [0, 0.05) is 6.42 Å². The van der Waals surface area contributed by atoms with E-state index in [-0.39, 0.29) is 6.42 Å². The van der Waals surface area contributed by atoms with E-state index >= 15 is 0 Å². The Balaban J connectivity index is -0.0000000356. The average Bonchev–Trinajstić information content (AvgIpc) is 2.54. The van der Waals surface area contributed by atoms with Gasteiger partial charge in [0.25, 0.3) is 0 Å². The van der Waals surface area contributed by atoms with E-state index in [1.165, 1.54) is 0 Å². The molecule has 0 aliphatic heterocycles. The van der Waals surface area contributed by atoms with Crippen molar-refractivity contribution < 1.29 is 9.59 Å². The van der Waals surface area contributed by atoms with Gasteiger partial charge in [-0.05, 0) is 7.05 Å². The minimum absolute atomic E-state index is 0.0694. The van der Waals surface area contributed by atoms with Gasteiger partial charge in [0.15, 0.2) is 0 Å². The first-order chi connectivity index (χ1) is 9.20. The van der Waals surface area contributed by atoms with E-state index < -0.39 is 11.9 Å². The third kappa shape index (κ3) is 77.3. The van der Waals surface area contributed by atoms with Crippen molar-refractivity contribution in [3.8, 4) is 0 Å². The lowest BCUT2D eigenvalue weighted by Gasteiger charge is -2.03. The standard InChI is InChI=1S/C5H10N2O2.5C2H6/c1-7-4(3-8)2-5(6)9;5*1-2/h3-4,7H,2H2,1H3,(H2,6,9);5*1-2H3/t4-;;;;;/m0...../s1. The monoisotopic (exact) mass is 280 g/mol. The van der Waals surface area contributed by atoms with Crippen LogP contribution in [-0.2, 0) is 9.59 Å². The number of hydrogen-bond donors (Lipinski definition) is 2. The van der Waals surface area contributed by atoms with E-state index in [0.717, 1.165) is 0 Å². The molecule has 0 aliphatic rings. The number of amides is 1. The van der Waals surface area contributed by atoms with Crippen molar-refractivity contribution in [2.75, 3.05) is 7.05 Å².